The van der Waals surface area contributed by atoms with Crippen LogP contribution in [0.5, 0.6) is 0 Å². The molecule has 0 saturated carbocycles. The van der Waals surface area contributed by atoms with E-state index in [9.17, 15) is 0 Å². The van der Waals surface area contributed by atoms with Crippen molar-refractivity contribution in [2.24, 2.45) is 0 Å². The standard InChI is InChI=1S/C31H40/c1-6-24(4)28-17-19-30(20-18-28)31(21-25(5)27-11-9-8-10-12-27)22-26(7-2)29-15-13-23(3)14-16-29/h8-20,24-26,31H,6-7,21-22H2,1-5H3. The molecule has 0 amide bonds. The van der Waals surface area contributed by atoms with Gasteiger partial charge in [-0.15, -0.1) is 0 Å². The van der Waals surface area contributed by atoms with E-state index in [0.717, 1.165) is 0 Å². The Hall–Kier alpha value is -2.34. The zero-order chi connectivity index (χ0) is 22.2. The summed E-state index contributed by atoms with van der Waals surface area (Å²) in [6.07, 6.45) is 4.78. The maximum absolute atomic E-state index is 2.41. The van der Waals surface area contributed by atoms with Gasteiger partial charge in [0.2, 0.25) is 0 Å². The molecule has 3 aromatic carbocycles. The third-order valence-electron chi connectivity index (χ3n) is 7.21. The summed E-state index contributed by atoms with van der Waals surface area (Å²) in [6.45, 7) is 11.5. The Kier molecular flexibility index (Phi) is 8.52. The van der Waals surface area contributed by atoms with Crippen molar-refractivity contribution in [3.63, 3.8) is 0 Å². The highest BCUT2D eigenvalue weighted by molar-refractivity contribution is 5.30. The highest BCUT2D eigenvalue weighted by Crippen LogP contribution is 2.39. The number of aryl methyl sites for hydroxylation is 1. The lowest BCUT2D eigenvalue weighted by atomic mass is 9.78. The first-order valence-electron chi connectivity index (χ1n) is 12.2. The molecule has 0 spiro atoms. The lowest BCUT2D eigenvalue weighted by Gasteiger charge is -2.27. The van der Waals surface area contributed by atoms with Crippen molar-refractivity contribution in [1.82, 2.24) is 0 Å². The summed E-state index contributed by atoms with van der Waals surface area (Å²) in [6, 6.07) is 29.8. The topological polar surface area (TPSA) is 0 Å². The van der Waals surface area contributed by atoms with Crippen LogP contribution in [0.25, 0.3) is 0 Å². The van der Waals surface area contributed by atoms with E-state index >= 15 is 0 Å². The van der Waals surface area contributed by atoms with Crippen molar-refractivity contribution < 1.29 is 0 Å². The van der Waals surface area contributed by atoms with Crippen molar-refractivity contribution in [1.29, 1.82) is 0 Å². The number of rotatable bonds is 10. The fraction of sp³-hybridized carbons (Fsp3) is 0.419. The number of benzene rings is 3. The molecule has 0 heteroatoms. The summed E-state index contributed by atoms with van der Waals surface area (Å²) < 4.78 is 0. The Morgan fingerprint density at radius 2 is 1.03 bits per heavy atom. The van der Waals surface area contributed by atoms with Gasteiger partial charge >= 0.3 is 0 Å². The van der Waals surface area contributed by atoms with Crippen molar-refractivity contribution in [2.45, 2.75) is 84.0 Å². The van der Waals surface area contributed by atoms with Gasteiger partial charge < -0.3 is 0 Å². The molecule has 0 aromatic heterocycles. The molecule has 4 unspecified atom stereocenters. The van der Waals surface area contributed by atoms with Crippen LogP contribution < -0.4 is 0 Å². The zero-order valence-electron chi connectivity index (χ0n) is 20.1. The van der Waals surface area contributed by atoms with Crippen LogP contribution in [0, 0.1) is 6.92 Å². The molecule has 0 fully saturated rings. The van der Waals surface area contributed by atoms with Crippen molar-refractivity contribution >= 4 is 0 Å². The zero-order valence-corrected chi connectivity index (χ0v) is 20.1. The minimum absolute atomic E-state index is 0.552. The van der Waals surface area contributed by atoms with Gasteiger partial charge in [-0.2, -0.15) is 0 Å². The fourth-order valence-electron chi connectivity index (χ4n) is 4.77. The molecule has 0 radical (unpaired) electrons. The predicted octanol–water partition coefficient (Wildman–Crippen LogP) is 9.37. The highest BCUT2D eigenvalue weighted by Gasteiger charge is 2.22. The lowest BCUT2D eigenvalue weighted by molar-refractivity contribution is 0.467. The van der Waals surface area contributed by atoms with Crippen molar-refractivity contribution in [2.75, 3.05) is 0 Å². The van der Waals surface area contributed by atoms with E-state index in [1.54, 1.807) is 0 Å². The van der Waals surface area contributed by atoms with E-state index in [4.69, 9.17) is 0 Å². The quantitative estimate of drug-likeness (QED) is 0.311. The van der Waals surface area contributed by atoms with Crippen LogP contribution in [0.15, 0.2) is 78.9 Å². The molecule has 4 atom stereocenters. The molecule has 0 bridgehead atoms. The second-order valence-corrected chi connectivity index (χ2v) is 9.47. The van der Waals surface area contributed by atoms with E-state index in [1.165, 1.54) is 53.5 Å². The molecule has 0 aliphatic rings. The Morgan fingerprint density at radius 3 is 1.61 bits per heavy atom. The first-order chi connectivity index (χ1) is 15.0. The summed E-state index contributed by atoms with van der Waals surface area (Å²) in [5.74, 6) is 2.35. The normalized spacial score (nSPS) is 15.3. The first kappa shape index (κ1) is 23.3. The van der Waals surface area contributed by atoms with Crippen molar-refractivity contribution in [3.05, 3.63) is 107 Å². The lowest BCUT2D eigenvalue weighted by Crippen LogP contribution is -2.10. The summed E-state index contributed by atoms with van der Waals surface area (Å²) in [5, 5.41) is 0. The summed E-state index contributed by atoms with van der Waals surface area (Å²) >= 11 is 0. The Balaban J connectivity index is 1.86. The molecular weight excluding hydrogens is 372 g/mol. The molecular formula is C31H40. The van der Waals surface area contributed by atoms with Crippen LogP contribution in [0.3, 0.4) is 0 Å². The second kappa shape index (κ2) is 11.3. The van der Waals surface area contributed by atoms with Crippen LogP contribution >= 0.6 is 0 Å². The van der Waals surface area contributed by atoms with Gasteiger partial charge in [-0.25, -0.2) is 0 Å². The van der Waals surface area contributed by atoms with E-state index in [2.05, 4.69) is 113 Å². The SMILES string of the molecule is CCC(C)c1ccc(C(CC(C)c2ccccc2)CC(CC)c2ccc(C)cc2)cc1. The molecule has 0 aliphatic heterocycles. The molecule has 0 aliphatic carbocycles. The average Bonchev–Trinajstić information content (AvgIpc) is 2.82. The molecule has 0 heterocycles. The average molecular weight is 413 g/mol. The van der Waals surface area contributed by atoms with E-state index in [-0.39, 0.29) is 0 Å². The molecule has 0 saturated heterocycles. The highest BCUT2D eigenvalue weighted by atomic mass is 14.3. The van der Waals surface area contributed by atoms with Gasteiger partial charge in [0.05, 0.1) is 0 Å². The first-order valence-corrected chi connectivity index (χ1v) is 12.2. The second-order valence-electron chi connectivity index (χ2n) is 9.47. The molecule has 31 heavy (non-hydrogen) atoms. The van der Waals surface area contributed by atoms with Crippen LogP contribution in [0.2, 0.25) is 0 Å². The fourth-order valence-corrected chi connectivity index (χ4v) is 4.77. The molecule has 164 valence electrons. The summed E-state index contributed by atoms with van der Waals surface area (Å²) in [7, 11) is 0. The van der Waals surface area contributed by atoms with E-state index < -0.39 is 0 Å². The van der Waals surface area contributed by atoms with Gasteiger partial charge in [-0.1, -0.05) is 112 Å². The minimum atomic E-state index is 0.552. The maximum atomic E-state index is 2.41. The van der Waals surface area contributed by atoms with Crippen LogP contribution in [-0.2, 0) is 0 Å². The van der Waals surface area contributed by atoms with Gasteiger partial charge in [-0.05, 0) is 78.5 Å². The molecule has 0 nitrogen and oxygen atoms in total. The van der Waals surface area contributed by atoms with Crippen molar-refractivity contribution in [3.8, 4) is 0 Å². The van der Waals surface area contributed by atoms with Crippen LogP contribution in [0.1, 0.15) is 105 Å². The maximum Gasteiger partial charge on any atom is -0.0150 e. The van der Waals surface area contributed by atoms with Gasteiger partial charge in [0.15, 0.2) is 0 Å². The minimum Gasteiger partial charge on any atom is -0.0648 e. The van der Waals surface area contributed by atoms with Gasteiger partial charge in [0.1, 0.15) is 0 Å². The van der Waals surface area contributed by atoms with E-state index in [0.29, 0.717) is 23.7 Å². The smallest absolute Gasteiger partial charge is 0.0150 e. The van der Waals surface area contributed by atoms with Gasteiger partial charge in [0, 0.05) is 0 Å². The Bertz CT molecular complexity index is 889. The third kappa shape index (κ3) is 6.33. The van der Waals surface area contributed by atoms with Gasteiger partial charge in [-0.3, -0.25) is 0 Å². The Morgan fingerprint density at radius 1 is 0.516 bits per heavy atom. The number of hydrogen-bond acceptors (Lipinski definition) is 0. The predicted molar refractivity (Wildman–Crippen MR) is 136 cm³/mol. The van der Waals surface area contributed by atoms with Crippen LogP contribution in [0.4, 0.5) is 0 Å². The van der Waals surface area contributed by atoms with E-state index in [1.807, 2.05) is 0 Å². The molecule has 3 aromatic rings. The van der Waals surface area contributed by atoms with Crippen LogP contribution in [-0.4, -0.2) is 0 Å². The molecule has 0 N–H and O–H groups in total. The largest absolute Gasteiger partial charge is 0.0648 e. The Labute approximate surface area is 190 Å². The summed E-state index contributed by atoms with van der Waals surface area (Å²) in [4.78, 5) is 0. The third-order valence-corrected chi connectivity index (χ3v) is 7.21. The monoisotopic (exact) mass is 412 g/mol. The van der Waals surface area contributed by atoms with Gasteiger partial charge in [0.25, 0.3) is 0 Å². The number of hydrogen-bond donors (Lipinski definition) is 0. The summed E-state index contributed by atoms with van der Waals surface area (Å²) in [5.41, 5.74) is 7.24. The molecule has 3 rings (SSSR count).